The lowest BCUT2D eigenvalue weighted by molar-refractivity contribution is -0.384. The maximum Gasteiger partial charge on any atom is 0.269 e. The van der Waals surface area contributed by atoms with Crippen molar-refractivity contribution in [1.29, 1.82) is 0 Å². The molecule has 0 saturated carbocycles. The Morgan fingerprint density at radius 3 is 2.67 bits per heavy atom. The van der Waals surface area contributed by atoms with Gasteiger partial charge in [-0.25, -0.2) is 0 Å². The molecule has 0 atom stereocenters. The van der Waals surface area contributed by atoms with E-state index in [0.29, 0.717) is 0 Å². The minimum atomic E-state index is -0.376. The Morgan fingerprint density at radius 1 is 1.33 bits per heavy atom. The molecule has 4 nitrogen and oxygen atoms in total. The lowest BCUT2D eigenvalue weighted by Gasteiger charge is -2.04. The quantitative estimate of drug-likeness (QED) is 0.323. The summed E-state index contributed by atoms with van der Waals surface area (Å²) < 4.78 is 0. The first kappa shape index (κ1) is 14.7. The Morgan fingerprint density at radius 2 is 2.06 bits per heavy atom. The second kappa shape index (κ2) is 8.72. The molecule has 18 heavy (non-hydrogen) atoms. The number of nitro groups is 1. The van der Waals surface area contributed by atoms with Gasteiger partial charge in [-0.05, 0) is 18.5 Å². The zero-order valence-corrected chi connectivity index (χ0v) is 11.1. The van der Waals surface area contributed by atoms with Crippen molar-refractivity contribution in [1.82, 2.24) is 5.32 Å². The molecule has 1 aromatic carbocycles. The van der Waals surface area contributed by atoms with Crippen molar-refractivity contribution in [3.8, 4) is 0 Å². The number of nitrogens with zero attached hydrogens (tertiary/aromatic N) is 1. The molecule has 0 spiro atoms. The Hall–Kier alpha value is -1.33. The van der Waals surface area contributed by atoms with E-state index in [4.69, 9.17) is 0 Å². The second-order valence-corrected chi connectivity index (χ2v) is 4.94. The van der Waals surface area contributed by atoms with Gasteiger partial charge < -0.3 is 5.32 Å². The highest BCUT2D eigenvalue weighted by Gasteiger charge is 2.03. The smallest absolute Gasteiger partial charge is 0.269 e. The molecule has 0 unspecified atom stereocenters. The fourth-order valence-electron chi connectivity index (χ4n) is 1.45. The van der Waals surface area contributed by atoms with Crippen molar-refractivity contribution in [2.24, 2.45) is 0 Å². The van der Waals surface area contributed by atoms with Gasteiger partial charge in [0.1, 0.15) is 0 Å². The highest BCUT2D eigenvalue weighted by Crippen LogP contribution is 2.11. The van der Waals surface area contributed by atoms with Crippen molar-refractivity contribution < 1.29 is 4.92 Å². The molecule has 0 radical (unpaired) electrons. The fourth-order valence-corrected chi connectivity index (χ4v) is 2.08. The van der Waals surface area contributed by atoms with Gasteiger partial charge in [0.05, 0.1) is 4.92 Å². The molecule has 0 aromatic heterocycles. The topological polar surface area (TPSA) is 55.2 Å². The summed E-state index contributed by atoms with van der Waals surface area (Å²) >= 11 is 1.85. The minimum absolute atomic E-state index is 0.146. The van der Waals surface area contributed by atoms with Gasteiger partial charge in [-0.15, -0.1) is 6.58 Å². The number of rotatable bonds is 9. The van der Waals surface area contributed by atoms with Crippen molar-refractivity contribution in [2.75, 3.05) is 24.6 Å². The van der Waals surface area contributed by atoms with Crippen LogP contribution in [0.25, 0.3) is 0 Å². The van der Waals surface area contributed by atoms with Crippen LogP contribution in [0.15, 0.2) is 36.9 Å². The number of non-ortho nitro benzene ring substituents is 1. The maximum absolute atomic E-state index is 10.5. The number of hydrogen-bond donors (Lipinski definition) is 1. The summed E-state index contributed by atoms with van der Waals surface area (Å²) in [7, 11) is 0. The highest BCUT2D eigenvalue weighted by atomic mass is 32.2. The number of thioether (sulfide) groups is 1. The summed E-state index contributed by atoms with van der Waals surface area (Å²) in [5, 5.41) is 13.8. The Balaban J connectivity index is 2.15. The third kappa shape index (κ3) is 5.84. The summed E-state index contributed by atoms with van der Waals surface area (Å²) in [4.78, 5) is 10.1. The summed E-state index contributed by atoms with van der Waals surface area (Å²) in [6, 6.07) is 6.73. The van der Waals surface area contributed by atoms with Crippen molar-refractivity contribution >= 4 is 17.4 Å². The molecule has 0 aliphatic carbocycles. The van der Waals surface area contributed by atoms with Crippen LogP contribution in [-0.2, 0) is 6.42 Å². The predicted molar refractivity (Wildman–Crippen MR) is 77.2 cm³/mol. The third-order valence-corrected chi connectivity index (χ3v) is 3.36. The average molecular weight is 266 g/mol. The first-order valence-electron chi connectivity index (χ1n) is 5.86. The van der Waals surface area contributed by atoms with Gasteiger partial charge in [-0.2, -0.15) is 11.8 Å². The first-order chi connectivity index (χ1) is 8.74. The molecule has 1 N–H and O–H groups in total. The van der Waals surface area contributed by atoms with Gasteiger partial charge in [0.25, 0.3) is 5.69 Å². The van der Waals surface area contributed by atoms with Crippen LogP contribution in [0.4, 0.5) is 5.69 Å². The fraction of sp³-hybridized carbons (Fsp3) is 0.385. The summed E-state index contributed by atoms with van der Waals surface area (Å²) in [6.07, 6.45) is 2.80. The molecular formula is C13H18N2O2S. The van der Waals surface area contributed by atoms with Crippen LogP contribution >= 0.6 is 11.8 Å². The Labute approximate surface area is 112 Å². The maximum atomic E-state index is 10.5. The van der Waals surface area contributed by atoms with Crippen LogP contribution in [0.5, 0.6) is 0 Å². The molecule has 1 aromatic rings. The predicted octanol–water partition coefficient (Wildman–Crippen LogP) is 2.65. The minimum Gasteiger partial charge on any atom is -0.316 e. The molecule has 0 heterocycles. The van der Waals surface area contributed by atoms with E-state index in [1.807, 2.05) is 30.0 Å². The van der Waals surface area contributed by atoms with E-state index in [1.165, 1.54) is 0 Å². The van der Waals surface area contributed by atoms with Gasteiger partial charge in [0.2, 0.25) is 0 Å². The van der Waals surface area contributed by atoms with Crippen LogP contribution in [0.1, 0.15) is 5.56 Å². The van der Waals surface area contributed by atoms with Crippen molar-refractivity contribution in [3.63, 3.8) is 0 Å². The molecule has 0 amide bonds. The van der Waals surface area contributed by atoms with Gasteiger partial charge in [0.15, 0.2) is 0 Å². The van der Waals surface area contributed by atoms with Gasteiger partial charge in [-0.3, -0.25) is 10.1 Å². The third-order valence-electron chi connectivity index (χ3n) is 2.40. The second-order valence-electron chi connectivity index (χ2n) is 3.79. The largest absolute Gasteiger partial charge is 0.316 e. The highest BCUT2D eigenvalue weighted by molar-refractivity contribution is 7.99. The first-order valence-corrected chi connectivity index (χ1v) is 7.02. The molecule has 5 heteroatoms. The van der Waals surface area contributed by atoms with E-state index in [0.717, 1.165) is 36.6 Å². The van der Waals surface area contributed by atoms with Gasteiger partial charge in [-0.1, -0.05) is 18.2 Å². The van der Waals surface area contributed by atoms with Crippen molar-refractivity contribution in [2.45, 2.75) is 6.42 Å². The van der Waals surface area contributed by atoms with E-state index in [1.54, 1.807) is 12.1 Å². The van der Waals surface area contributed by atoms with E-state index >= 15 is 0 Å². The number of benzene rings is 1. The SMILES string of the molecule is C=CCSCCNCCc1ccc([N+](=O)[O-])cc1. The lowest BCUT2D eigenvalue weighted by atomic mass is 10.1. The van der Waals surface area contributed by atoms with Crippen LogP contribution in [0.3, 0.4) is 0 Å². The Kier molecular flexibility index (Phi) is 7.13. The lowest BCUT2D eigenvalue weighted by Crippen LogP contribution is -2.20. The van der Waals surface area contributed by atoms with E-state index in [9.17, 15) is 10.1 Å². The van der Waals surface area contributed by atoms with Crippen LogP contribution in [0.2, 0.25) is 0 Å². The van der Waals surface area contributed by atoms with E-state index < -0.39 is 0 Å². The number of nitro benzene ring substituents is 1. The molecule has 0 saturated heterocycles. The summed E-state index contributed by atoms with van der Waals surface area (Å²) in [5.74, 6) is 2.07. The monoisotopic (exact) mass is 266 g/mol. The average Bonchev–Trinajstić information content (AvgIpc) is 2.38. The van der Waals surface area contributed by atoms with Gasteiger partial charge in [0, 0.05) is 30.2 Å². The van der Waals surface area contributed by atoms with Crippen LogP contribution < -0.4 is 5.32 Å². The van der Waals surface area contributed by atoms with Gasteiger partial charge >= 0.3 is 0 Å². The van der Waals surface area contributed by atoms with E-state index in [2.05, 4.69) is 11.9 Å². The van der Waals surface area contributed by atoms with E-state index in [-0.39, 0.29) is 10.6 Å². The normalized spacial score (nSPS) is 10.2. The zero-order chi connectivity index (χ0) is 13.2. The zero-order valence-electron chi connectivity index (χ0n) is 10.3. The molecule has 0 bridgehead atoms. The number of nitrogens with one attached hydrogen (secondary N) is 1. The molecule has 0 aliphatic rings. The van der Waals surface area contributed by atoms with Crippen LogP contribution in [-0.4, -0.2) is 29.5 Å². The number of hydrogen-bond acceptors (Lipinski definition) is 4. The van der Waals surface area contributed by atoms with Crippen molar-refractivity contribution in [3.05, 3.63) is 52.6 Å². The standard InChI is InChI=1S/C13H18N2O2S/c1-2-10-18-11-9-14-8-7-12-3-5-13(6-4-12)15(16)17/h2-6,14H,1,7-11H2. The molecule has 0 fully saturated rings. The molecular weight excluding hydrogens is 248 g/mol. The van der Waals surface area contributed by atoms with Crippen LogP contribution in [0, 0.1) is 10.1 Å². The summed E-state index contributed by atoms with van der Waals surface area (Å²) in [5.41, 5.74) is 1.26. The Bertz CT molecular complexity index is 379. The summed E-state index contributed by atoms with van der Waals surface area (Å²) in [6.45, 7) is 5.54. The molecule has 1 rings (SSSR count). The molecule has 98 valence electrons. The molecule has 0 aliphatic heterocycles.